The van der Waals surface area contributed by atoms with Crippen LogP contribution in [-0.4, -0.2) is 68.8 Å². The van der Waals surface area contributed by atoms with Crippen LogP contribution >= 0.6 is 0 Å². The molecule has 2 aliphatic rings. The standard InChI is InChI=1S/C19H29N3O2/c1-16-5-7-18(8-6-16)21-10-12-22(13-11-21)19(23)24-15-17-4-3-9-20(2)14-17/h5-8,17H,3-4,9-15H2,1-2H3/t17-/m0/s1. The van der Waals surface area contributed by atoms with Gasteiger partial charge in [0.05, 0.1) is 6.61 Å². The van der Waals surface area contributed by atoms with Gasteiger partial charge in [0.15, 0.2) is 0 Å². The topological polar surface area (TPSA) is 36.0 Å². The van der Waals surface area contributed by atoms with Gasteiger partial charge in [-0.3, -0.25) is 0 Å². The maximum Gasteiger partial charge on any atom is 0.409 e. The van der Waals surface area contributed by atoms with E-state index in [1.54, 1.807) is 0 Å². The normalized spacial score (nSPS) is 22.5. The third-order valence-corrected chi connectivity index (χ3v) is 5.10. The molecule has 2 saturated heterocycles. The molecule has 0 spiro atoms. The predicted molar refractivity (Wildman–Crippen MR) is 96.5 cm³/mol. The molecule has 0 unspecified atom stereocenters. The second-order valence-electron chi connectivity index (χ2n) is 7.16. The molecular weight excluding hydrogens is 302 g/mol. The highest BCUT2D eigenvalue weighted by molar-refractivity contribution is 5.68. The van der Waals surface area contributed by atoms with Crippen LogP contribution in [0.25, 0.3) is 0 Å². The number of carbonyl (C=O) groups is 1. The van der Waals surface area contributed by atoms with Gasteiger partial charge in [0.1, 0.15) is 0 Å². The molecule has 1 aromatic carbocycles. The molecule has 132 valence electrons. The molecule has 0 radical (unpaired) electrons. The monoisotopic (exact) mass is 331 g/mol. The van der Waals surface area contributed by atoms with E-state index in [1.165, 1.54) is 24.1 Å². The number of aryl methyl sites for hydroxylation is 1. The van der Waals surface area contributed by atoms with Crippen molar-refractivity contribution < 1.29 is 9.53 Å². The lowest BCUT2D eigenvalue weighted by molar-refractivity contribution is 0.0686. The molecule has 1 atom stereocenters. The van der Waals surface area contributed by atoms with Crippen molar-refractivity contribution in [1.29, 1.82) is 0 Å². The molecule has 3 rings (SSSR count). The van der Waals surface area contributed by atoms with Crippen molar-refractivity contribution in [2.24, 2.45) is 5.92 Å². The van der Waals surface area contributed by atoms with Crippen molar-refractivity contribution in [1.82, 2.24) is 9.80 Å². The van der Waals surface area contributed by atoms with Gasteiger partial charge in [-0.1, -0.05) is 17.7 Å². The molecule has 2 fully saturated rings. The Morgan fingerprint density at radius 1 is 1.12 bits per heavy atom. The van der Waals surface area contributed by atoms with Gasteiger partial charge in [-0.2, -0.15) is 0 Å². The first-order chi connectivity index (χ1) is 11.6. The number of piperazine rings is 1. The van der Waals surface area contributed by atoms with Gasteiger partial charge in [0, 0.05) is 44.3 Å². The highest BCUT2D eigenvalue weighted by Crippen LogP contribution is 2.18. The number of hydrogen-bond acceptors (Lipinski definition) is 4. The smallest absolute Gasteiger partial charge is 0.409 e. The van der Waals surface area contributed by atoms with E-state index in [2.05, 4.69) is 48.0 Å². The Balaban J connectivity index is 1.42. The molecule has 0 N–H and O–H groups in total. The molecule has 24 heavy (non-hydrogen) atoms. The minimum absolute atomic E-state index is 0.146. The molecule has 1 aromatic rings. The zero-order valence-corrected chi connectivity index (χ0v) is 14.9. The van der Waals surface area contributed by atoms with E-state index >= 15 is 0 Å². The van der Waals surface area contributed by atoms with E-state index in [9.17, 15) is 4.79 Å². The lowest BCUT2D eigenvalue weighted by Crippen LogP contribution is -2.49. The zero-order chi connectivity index (χ0) is 16.9. The Morgan fingerprint density at radius 3 is 2.50 bits per heavy atom. The molecule has 2 aliphatic heterocycles. The van der Waals surface area contributed by atoms with Crippen molar-refractivity contribution in [3.05, 3.63) is 29.8 Å². The van der Waals surface area contributed by atoms with Gasteiger partial charge in [-0.15, -0.1) is 0 Å². The summed E-state index contributed by atoms with van der Waals surface area (Å²) in [6.45, 7) is 8.05. The van der Waals surface area contributed by atoms with Crippen molar-refractivity contribution in [2.45, 2.75) is 19.8 Å². The van der Waals surface area contributed by atoms with E-state index in [0.29, 0.717) is 12.5 Å². The maximum absolute atomic E-state index is 12.3. The first-order valence-electron chi connectivity index (χ1n) is 9.03. The van der Waals surface area contributed by atoms with Crippen molar-refractivity contribution in [3.8, 4) is 0 Å². The number of likely N-dealkylation sites (tertiary alicyclic amines) is 1. The number of rotatable bonds is 3. The van der Waals surface area contributed by atoms with Crippen LogP contribution in [0, 0.1) is 12.8 Å². The molecule has 5 heteroatoms. The number of ether oxygens (including phenoxy) is 1. The average Bonchev–Trinajstić information content (AvgIpc) is 2.61. The lowest BCUT2D eigenvalue weighted by Gasteiger charge is -2.36. The highest BCUT2D eigenvalue weighted by atomic mass is 16.6. The van der Waals surface area contributed by atoms with Crippen LogP contribution in [0.4, 0.5) is 10.5 Å². The van der Waals surface area contributed by atoms with Crippen molar-refractivity contribution >= 4 is 11.8 Å². The van der Waals surface area contributed by atoms with Gasteiger partial charge in [0.25, 0.3) is 0 Å². The second kappa shape index (κ2) is 7.88. The Morgan fingerprint density at radius 2 is 1.83 bits per heavy atom. The largest absolute Gasteiger partial charge is 0.449 e. The van der Waals surface area contributed by atoms with Crippen LogP contribution in [0.5, 0.6) is 0 Å². The summed E-state index contributed by atoms with van der Waals surface area (Å²) in [5, 5.41) is 0. The fraction of sp³-hybridized carbons (Fsp3) is 0.632. The Labute approximate surface area is 145 Å². The number of hydrogen-bond donors (Lipinski definition) is 0. The quantitative estimate of drug-likeness (QED) is 0.853. The summed E-state index contributed by atoms with van der Waals surface area (Å²) in [7, 11) is 2.14. The fourth-order valence-electron chi connectivity index (χ4n) is 3.59. The number of nitrogens with zero attached hydrogens (tertiary/aromatic N) is 3. The minimum Gasteiger partial charge on any atom is -0.449 e. The fourth-order valence-corrected chi connectivity index (χ4v) is 3.59. The van der Waals surface area contributed by atoms with E-state index in [-0.39, 0.29) is 6.09 Å². The molecule has 0 bridgehead atoms. The van der Waals surface area contributed by atoms with Gasteiger partial charge < -0.3 is 19.4 Å². The van der Waals surface area contributed by atoms with Crippen LogP contribution in [0.3, 0.4) is 0 Å². The summed E-state index contributed by atoms with van der Waals surface area (Å²) in [6.07, 6.45) is 2.22. The SMILES string of the molecule is Cc1ccc(N2CCN(C(=O)OC[C@H]3CCCN(C)C3)CC2)cc1. The van der Waals surface area contributed by atoms with E-state index < -0.39 is 0 Å². The first-order valence-corrected chi connectivity index (χ1v) is 9.03. The first kappa shape index (κ1) is 17.1. The van der Waals surface area contributed by atoms with E-state index in [0.717, 1.165) is 39.3 Å². The van der Waals surface area contributed by atoms with Crippen LogP contribution in [0.2, 0.25) is 0 Å². The summed E-state index contributed by atoms with van der Waals surface area (Å²) < 4.78 is 5.57. The summed E-state index contributed by atoms with van der Waals surface area (Å²) in [4.78, 5) is 18.8. The molecule has 0 aromatic heterocycles. The van der Waals surface area contributed by atoms with Gasteiger partial charge in [0.2, 0.25) is 0 Å². The number of amides is 1. The molecular formula is C19H29N3O2. The lowest BCUT2D eigenvalue weighted by atomic mass is 10.00. The highest BCUT2D eigenvalue weighted by Gasteiger charge is 2.24. The summed E-state index contributed by atoms with van der Waals surface area (Å²) >= 11 is 0. The Bertz CT molecular complexity index is 538. The van der Waals surface area contributed by atoms with Crippen LogP contribution < -0.4 is 4.90 Å². The summed E-state index contributed by atoms with van der Waals surface area (Å²) in [6, 6.07) is 8.58. The molecule has 5 nitrogen and oxygen atoms in total. The van der Waals surface area contributed by atoms with Crippen molar-refractivity contribution in [2.75, 3.05) is 57.8 Å². The number of piperidine rings is 1. The molecule has 1 amide bonds. The molecule has 2 heterocycles. The van der Waals surface area contributed by atoms with Gasteiger partial charge >= 0.3 is 6.09 Å². The number of benzene rings is 1. The second-order valence-corrected chi connectivity index (χ2v) is 7.16. The molecule has 0 aliphatic carbocycles. The van der Waals surface area contributed by atoms with E-state index in [1.807, 2.05) is 4.90 Å². The summed E-state index contributed by atoms with van der Waals surface area (Å²) in [5.41, 5.74) is 2.51. The number of carbonyl (C=O) groups excluding carboxylic acids is 1. The van der Waals surface area contributed by atoms with Gasteiger partial charge in [-0.25, -0.2) is 4.79 Å². The van der Waals surface area contributed by atoms with Crippen LogP contribution in [0.15, 0.2) is 24.3 Å². The van der Waals surface area contributed by atoms with Crippen molar-refractivity contribution in [3.63, 3.8) is 0 Å². The Kier molecular flexibility index (Phi) is 5.61. The minimum atomic E-state index is -0.146. The molecule has 0 saturated carbocycles. The van der Waals surface area contributed by atoms with Crippen LogP contribution in [0.1, 0.15) is 18.4 Å². The van der Waals surface area contributed by atoms with E-state index in [4.69, 9.17) is 4.74 Å². The Hall–Kier alpha value is -1.75. The number of anilines is 1. The third-order valence-electron chi connectivity index (χ3n) is 5.10. The van der Waals surface area contributed by atoms with Crippen LogP contribution in [-0.2, 0) is 4.74 Å². The third kappa shape index (κ3) is 4.41. The predicted octanol–water partition coefficient (Wildman–Crippen LogP) is 2.60. The van der Waals surface area contributed by atoms with Gasteiger partial charge in [-0.05, 0) is 45.5 Å². The average molecular weight is 331 g/mol. The summed E-state index contributed by atoms with van der Waals surface area (Å²) in [5.74, 6) is 0.488. The maximum atomic E-state index is 12.3. The zero-order valence-electron chi connectivity index (χ0n) is 14.9.